The molecule has 2 aromatic rings. The Morgan fingerprint density at radius 3 is 2.05 bits per heavy atom. The smallest absolute Gasteiger partial charge is 0.191 e. The molecular weight excluding hydrogens is 414 g/mol. The van der Waals surface area contributed by atoms with Gasteiger partial charge in [-0.05, 0) is 35.9 Å². The molecule has 0 aliphatic heterocycles. The Labute approximate surface area is 141 Å². The Hall–Kier alpha value is -0.850. The third-order valence-corrected chi connectivity index (χ3v) is 3.95. The molecule has 22 heavy (non-hydrogen) atoms. The molecule has 2 aromatic carbocycles. The van der Waals surface area contributed by atoms with E-state index in [9.17, 15) is 22.0 Å². The van der Waals surface area contributed by atoms with Crippen LogP contribution in [0.25, 0.3) is 11.1 Å². The molecule has 0 atom stereocenters. The van der Waals surface area contributed by atoms with Gasteiger partial charge in [0.1, 0.15) is 0 Å². The Kier molecular flexibility index (Phi) is 4.76. The second kappa shape index (κ2) is 5.98. The van der Waals surface area contributed by atoms with Crippen LogP contribution in [0.15, 0.2) is 40.9 Å². The van der Waals surface area contributed by atoms with Crippen LogP contribution in [0, 0.1) is 0 Å². The van der Waals surface area contributed by atoms with Gasteiger partial charge in [0.25, 0.3) is 0 Å². The van der Waals surface area contributed by atoms with Crippen LogP contribution in [-0.2, 0) is 5.92 Å². The zero-order valence-corrected chi connectivity index (χ0v) is 13.6. The molecule has 0 bridgehead atoms. The van der Waals surface area contributed by atoms with E-state index < -0.39 is 17.7 Å². The summed E-state index contributed by atoms with van der Waals surface area (Å²) in [6.07, 6.45) is -5.72. The summed E-state index contributed by atoms with van der Waals surface area (Å²) in [4.78, 5) is 0. The molecule has 0 amide bonds. The predicted octanol–water partition coefficient (Wildman–Crippen LogP) is 7.08. The maximum absolute atomic E-state index is 13.8. The molecule has 0 nitrogen and oxygen atoms in total. The number of hydrogen-bond donors (Lipinski definition) is 0. The molecule has 0 saturated carbocycles. The lowest BCUT2D eigenvalue weighted by atomic mass is 9.95. The number of benzene rings is 2. The topological polar surface area (TPSA) is 0 Å². The monoisotopic (exact) mass is 418 g/mol. The standard InChI is InChI=1S/C14H6BrCl2F5/c15-7-1-3-11(13(18,19)14(20,21)22)9(5-7)10-6-8(16)2-4-12(10)17/h1-6H. The Bertz CT molecular complexity index is 713. The van der Waals surface area contributed by atoms with Gasteiger partial charge < -0.3 is 0 Å². The first-order chi connectivity index (χ1) is 10.0. The summed E-state index contributed by atoms with van der Waals surface area (Å²) in [7, 11) is 0. The van der Waals surface area contributed by atoms with E-state index >= 15 is 0 Å². The second-order valence-electron chi connectivity index (χ2n) is 4.39. The number of rotatable bonds is 2. The molecule has 0 saturated heterocycles. The van der Waals surface area contributed by atoms with Crippen LogP contribution in [0.1, 0.15) is 5.56 Å². The highest BCUT2D eigenvalue weighted by molar-refractivity contribution is 9.10. The fourth-order valence-electron chi connectivity index (χ4n) is 1.87. The first-order valence-corrected chi connectivity index (χ1v) is 7.29. The fraction of sp³-hybridized carbons (Fsp3) is 0.143. The van der Waals surface area contributed by atoms with E-state index in [-0.39, 0.29) is 21.2 Å². The largest absolute Gasteiger partial charge is 0.458 e. The van der Waals surface area contributed by atoms with E-state index in [2.05, 4.69) is 15.9 Å². The highest BCUT2D eigenvalue weighted by atomic mass is 79.9. The summed E-state index contributed by atoms with van der Waals surface area (Å²) in [5.41, 5.74) is -1.54. The van der Waals surface area contributed by atoms with Gasteiger partial charge in [-0.15, -0.1) is 0 Å². The van der Waals surface area contributed by atoms with Gasteiger partial charge in [0, 0.05) is 25.6 Å². The average Bonchev–Trinajstić information content (AvgIpc) is 2.40. The summed E-state index contributed by atoms with van der Waals surface area (Å²) in [5, 5.41) is 0.183. The summed E-state index contributed by atoms with van der Waals surface area (Å²) < 4.78 is 65.9. The molecule has 0 aliphatic rings. The van der Waals surface area contributed by atoms with E-state index in [1.165, 1.54) is 18.2 Å². The van der Waals surface area contributed by atoms with Crippen LogP contribution in [-0.4, -0.2) is 6.18 Å². The number of alkyl halides is 5. The van der Waals surface area contributed by atoms with Crippen molar-refractivity contribution in [3.05, 3.63) is 56.5 Å². The minimum Gasteiger partial charge on any atom is -0.191 e. The zero-order chi connectivity index (χ0) is 16.7. The third-order valence-electron chi connectivity index (χ3n) is 2.89. The second-order valence-corrected chi connectivity index (χ2v) is 6.15. The van der Waals surface area contributed by atoms with Crippen molar-refractivity contribution in [1.29, 1.82) is 0 Å². The van der Waals surface area contributed by atoms with Gasteiger partial charge in [-0.1, -0.05) is 45.2 Å². The van der Waals surface area contributed by atoms with E-state index in [1.54, 1.807) is 0 Å². The predicted molar refractivity (Wildman–Crippen MR) is 79.5 cm³/mol. The first-order valence-electron chi connectivity index (χ1n) is 5.74. The minimum atomic E-state index is -5.72. The molecule has 0 spiro atoms. The van der Waals surface area contributed by atoms with Crippen LogP contribution in [0.2, 0.25) is 10.0 Å². The van der Waals surface area contributed by atoms with Crippen molar-refractivity contribution in [2.45, 2.75) is 12.1 Å². The average molecular weight is 420 g/mol. The molecular formula is C14H6BrCl2F5. The highest BCUT2D eigenvalue weighted by Gasteiger charge is 2.59. The SMILES string of the molecule is FC(F)(F)C(F)(F)c1ccc(Br)cc1-c1cc(Cl)ccc1Cl. The summed E-state index contributed by atoms with van der Waals surface area (Å²) >= 11 is 14.8. The van der Waals surface area contributed by atoms with Gasteiger partial charge in [-0.2, -0.15) is 22.0 Å². The molecule has 2 rings (SSSR count). The maximum atomic E-state index is 13.8. The lowest BCUT2D eigenvalue weighted by Gasteiger charge is -2.23. The van der Waals surface area contributed by atoms with Crippen LogP contribution < -0.4 is 0 Å². The molecule has 8 heteroatoms. The van der Waals surface area contributed by atoms with Crippen LogP contribution in [0.5, 0.6) is 0 Å². The molecule has 0 fully saturated rings. The lowest BCUT2D eigenvalue weighted by Crippen LogP contribution is -2.34. The Morgan fingerprint density at radius 2 is 1.45 bits per heavy atom. The normalized spacial score (nSPS) is 12.5. The molecule has 0 aromatic heterocycles. The van der Waals surface area contributed by atoms with Gasteiger partial charge in [-0.3, -0.25) is 0 Å². The number of hydrogen-bond acceptors (Lipinski definition) is 0. The van der Waals surface area contributed by atoms with Crippen molar-refractivity contribution in [2.24, 2.45) is 0 Å². The van der Waals surface area contributed by atoms with E-state index in [1.807, 2.05) is 0 Å². The maximum Gasteiger partial charge on any atom is 0.458 e. The van der Waals surface area contributed by atoms with Gasteiger partial charge >= 0.3 is 12.1 Å². The van der Waals surface area contributed by atoms with Gasteiger partial charge in [-0.25, -0.2) is 0 Å². The number of halogens is 8. The Morgan fingerprint density at radius 1 is 0.818 bits per heavy atom. The van der Waals surface area contributed by atoms with Gasteiger partial charge in [0.15, 0.2) is 0 Å². The van der Waals surface area contributed by atoms with Crippen molar-refractivity contribution in [3.8, 4) is 11.1 Å². The van der Waals surface area contributed by atoms with E-state index in [4.69, 9.17) is 23.2 Å². The van der Waals surface area contributed by atoms with E-state index in [0.717, 1.165) is 12.1 Å². The summed E-state index contributed by atoms with van der Waals surface area (Å²) in [6, 6.07) is 6.94. The zero-order valence-electron chi connectivity index (χ0n) is 10.5. The fourth-order valence-corrected chi connectivity index (χ4v) is 2.62. The molecule has 0 aliphatic carbocycles. The van der Waals surface area contributed by atoms with Crippen molar-refractivity contribution in [3.63, 3.8) is 0 Å². The van der Waals surface area contributed by atoms with Gasteiger partial charge in [0.2, 0.25) is 0 Å². The molecule has 0 radical (unpaired) electrons. The van der Waals surface area contributed by atoms with Crippen LogP contribution >= 0.6 is 39.1 Å². The quantitative estimate of drug-likeness (QED) is 0.456. The molecule has 0 heterocycles. The van der Waals surface area contributed by atoms with Crippen molar-refractivity contribution in [1.82, 2.24) is 0 Å². The molecule has 0 N–H and O–H groups in total. The minimum absolute atomic E-state index is 0.00519. The molecule has 118 valence electrons. The van der Waals surface area contributed by atoms with Crippen LogP contribution in [0.3, 0.4) is 0 Å². The van der Waals surface area contributed by atoms with Crippen molar-refractivity contribution >= 4 is 39.1 Å². The third kappa shape index (κ3) is 3.24. The Balaban J connectivity index is 2.77. The highest BCUT2D eigenvalue weighted by Crippen LogP contribution is 2.48. The van der Waals surface area contributed by atoms with Crippen LogP contribution in [0.4, 0.5) is 22.0 Å². The summed E-state index contributed by atoms with van der Waals surface area (Å²) in [5.74, 6) is -5.02. The van der Waals surface area contributed by atoms with Crippen molar-refractivity contribution in [2.75, 3.05) is 0 Å². The van der Waals surface area contributed by atoms with Gasteiger partial charge in [0.05, 0.1) is 0 Å². The van der Waals surface area contributed by atoms with E-state index in [0.29, 0.717) is 10.5 Å². The lowest BCUT2D eigenvalue weighted by molar-refractivity contribution is -0.289. The molecule has 0 unspecified atom stereocenters. The first kappa shape index (κ1) is 17.5. The van der Waals surface area contributed by atoms with Crippen molar-refractivity contribution < 1.29 is 22.0 Å². The summed E-state index contributed by atoms with van der Waals surface area (Å²) in [6.45, 7) is 0.